The molecule has 2 N–H and O–H groups in total. The van der Waals surface area contributed by atoms with Crippen molar-refractivity contribution >= 4 is 12.1 Å². The van der Waals surface area contributed by atoms with E-state index in [0.717, 1.165) is 55.7 Å². The van der Waals surface area contributed by atoms with Crippen LogP contribution < -0.4 is 10.6 Å². The molecule has 2 atom stereocenters. The lowest BCUT2D eigenvalue weighted by Gasteiger charge is -2.46. The number of hydrogen-bond donors (Lipinski definition) is 2. The van der Waals surface area contributed by atoms with Gasteiger partial charge in [0.1, 0.15) is 5.82 Å². The van der Waals surface area contributed by atoms with Crippen molar-refractivity contribution in [3.8, 4) is 11.3 Å². The number of carbonyl (C=O) groups excluding carboxylic acids is 1. The highest BCUT2D eigenvalue weighted by Crippen LogP contribution is 2.51. The minimum absolute atomic E-state index is 0.0605. The molecule has 2 aliphatic rings. The number of imidazole rings is 1. The Morgan fingerprint density at radius 3 is 2.81 bits per heavy atom. The van der Waals surface area contributed by atoms with Crippen LogP contribution in [0.15, 0.2) is 36.2 Å². The maximum absolute atomic E-state index is 13.3. The molecule has 0 radical (unpaired) electrons. The standard InChI is InChI=1S/C25H33FN4O/c1-3-4-13-27-24(31)28-14-12-19-6-5-7-20-15-22-23(18-8-10-21(26)11-9-18)29-17-30(22)16-25(19,20)2/h8-11,15,17,19H,3-7,12-14,16H2,1-2H3,(H2,27,28,31)/t19-,25-/m1/s1. The summed E-state index contributed by atoms with van der Waals surface area (Å²) in [5.41, 5.74) is 4.54. The van der Waals surface area contributed by atoms with Gasteiger partial charge in [-0.25, -0.2) is 14.2 Å². The SMILES string of the molecule is CCCCNC(=O)NCC[C@H]1CCCC2=Cc3c(-c4ccc(F)cc4)ncn3C[C@@]21C. The number of aromatic nitrogens is 2. The number of hydrogen-bond acceptors (Lipinski definition) is 2. The average Bonchev–Trinajstić information content (AvgIpc) is 3.15. The first-order chi connectivity index (χ1) is 15.0. The Bertz CT molecular complexity index is 949. The van der Waals surface area contributed by atoms with Gasteiger partial charge >= 0.3 is 6.03 Å². The third-order valence-corrected chi connectivity index (χ3v) is 7.03. The number of amides is 2. The van der Waals surface area contributed by atoms with E-state index in [-0.39, 0.29) is 17.3 Å². The van der Waals surface area contributed by atoms with E-state index in [0.29, 0.717) is 12.5 Å². The lowest BCUT2D eigenvalue weighted by atomic mass is 9.62. The van der Waals surface area contributed by atoms with Gasteiger partial charge in [-0.15, -0.1) is 0 Å². The summed E-state index contributed by atoms with van der Waals surface area (Å²) in [6.45, 7) is 6.81. The van der Waals surface area contributed by atoms with Crippen LogP contribution >= 0.6 is 0 Å². The van der Waals surface area contributed by atoms with Crippen LogP contribution in [0, 0.1) is 17.2 Å². The van der Waals surface area contributed by atoms with Gasteiger partial charge in [0.15, 0.2) is 0 Å². The van der Waals surface area contributed by atoms with Gasteiger partial charge in [-0.1, -0.05) is 25.8 Å². The third-order valence-electron chi connectivity index (χ3n) is 7.03. The fourth-order valence-electron chi connectivity index (χ4n) is 5.16. The monoisotopic (exact) mass is 424 g/mol. The van der Waals surface area contributed by atoms with Crippen molar-refractivity contribution < 1.29 is 9.18 Å². The molecule has 166 valence electrons. The first-order valence-corrected chi connectivity index (χ1v) is 11.5. The molecule has 1 aromatic carbocycles. The zero-order chi connectivity index (χ0) is 21.8. The molecule has 4 rings (SSSR count). The van der Waals surface area contributed by atoms with E-state index in [9.17, 15) is 9.18 Å². The third kappa shape index (κ3) is 4.53. The summed E-state index contributed by atoms with van der Waals surface area (Å²) in [5.74, 6) is 0.291. The van der Waals surface area contributed by atoms with Crippen molar-refractivity contribution in [2.45, 2.75) is 58.9 Å². The number of halogens is 1. The van der Waals surface area contributed by atoms with Crippen molar-refractivity contribution in [3.05, 3.63) is 47.7 Å². The summed E-state index contributed by atoms with van der Waals surface area (Å²) in [7, 11) is 0. The topological polar surface area (TPSA) is 59.0 Å². The molecule has 0 unspecified atom stereocenters. The Labute approximate surface area is 184 Å². The highest BCUT2D eigenvalue weighted by Gasteiger charge is 2.42. The van der Waals surface area contributed by atoms with E-state index in [4.69, 9.17) is 0 Å². The number of nitrogens with zero attached hydrogens (tertiary/aromatic N) is 2. The number of nitrogens with one attached hydrogen (secondary N) is 2. The Kier molecular flexibility index (Phi) is 6.44. The van der Waals surface area contributed by atoms with Gasteiger partial charge in [-0.3, -0.25) is 0 Å². The maximum atomic E-state index is 13.3. The summed E-state index contributed by atoms with van der Waals surface area (Å²) < 4.78 is 15.6. The second-order valence-corrected chi connectivity index (χ2v) is 9.11. The zero-order valence-corrected chi connectivity index (χ0v) is 18.6. The van der Waals surface area contributed by atoms with Crippen LogP contribution in [0.1, 0.15) is 58.1 Å². The largest absolute Gasteiger partial charge is 0.338 e. The molecule has 1 fully saturated rings. The quantitative estimate of drug-likeness (QED) is 0.586. The lowest BCUT2D eigenvalue weighted by molar-refractivity contribution is 0.143. The Morgan fingerprint density at radius 2 is 2.03 bits per heavy atom. The van der Waals surface area contributed by atoms with Crippen LogP contribution in [0.5, 0.6) is 0 Å². The molecule has 6 heteroatoms. The van der Waals surface area contributed by atoms with Crippen LogP contribution in [0.4, 0.5) is 9.18 Å². The molecule has 5 nitrogen and oxygen atoms in total. The van der Waals surface area contributed by atoms with Gasteiger partial charge in [-0.2, -0.15) is 0 Å². The maximum Gasteiger partial charge on any atom is 0.314 e. The summed E-state index contributed by atoms with van der Waals surface area (Å²) in [6, 6.07) is 6.51. The normalized spacial score (nSPS) is 22.3. The summed E-state index contributed by atoms with van der Waals surface area (Å²) in [6.07, 6.45) is 10.8. The molecule has 1 aliphatic carbocycles. The number of unbranched alkanes of at least 4 members (excludes halogenated alkanes) is 1. The number of urea groups is 1. The molecule has 2 heterocycles. The fourth-order valence-corrected chi connectivity index (χ4v) is 5.16. The molecule has 2 aromatic rings. The van der Waals surface area contributed by atoms with Crippen molar-refractivity contribution in [2.24, 2.45) is 11.3 Å². The fraction of sp³-hybridized carbons (Fsp3) is 0.520. The van der Waals surface area contributed by atoms with E-state index in [1.54, 1.807) is 12.1 Å². The van der Waals surface area contributed by atoms with E-state index < -0.39 is 0 Å². The number of benzene rings is 1. The van der Waals surface area contributed by atoms with E-state index in [1.807, 2.05) is 6.33 Å². The second kappa shape index (κ2) is 9.25. The van der Waals surface area contributed by atoms with Gasteiger partial charge in [-0.05, 0) is 68.4 Å². The smallest absolute Gasteiger partial charge is 0.314 e. The molecule has 31 heavy (non-hydrogen) atoms. The van der Waals surface area contributed by atoms with Crippen LogP contribution in [0.25, 0.3) is 17.3 Å². The van der Waals surface area contributed by atoms with Gasteiger partial charge in [0.2, 0.25) is 0 Å². The molecule has 1 saturated carbocycles. The molecule has 0 bridgehead atoms. The first kappa shape index (κ1) is 21.6. The Hall–Kier alpha value is -2.63. The predicted octanol–water partition coefficient (Wildman–Crippen LogP) is 5.38. The number of fused-ring (bicyclic) bond motifs is 2. The molecule has 0 saturated heterocycles. The number of allylic oxidation sites excluding steroid dienone is 1. The Balaban J connectivity index is 1.46. The molecular formula is C25H33FN4O. The minimum Gasteiger partial charge on any atom is -0.338 e. The van der Waals surface area contributed by atoms with E-state index in [2.05, 4.69) is 40.1 Å². The molecule has 2 amide bonds. The highest BCUT2D eigenvalue weighted by molar-refractivity contribution is 5.74. The molecular weight excluding hydrogens is 391 g/mol. The van der Waals surface area contributed by atoms with Crippen LogP contribution in [-0.2, 0) is 6.54 Å². The minimum atomic E-state index is -0.231. The zero-order valence-electron chi connectivity index (χ0n) is 18.6. The molecule has 1 aromatic heterocycles. The molecule has 1 aliphatic heterocycles. The lowest BCUT2D eigenvalue weighted by Crippen LogP contribution is -2.42. The van der Waals surface area contributed by atoms with Gasteiger partial charge in [0.05, 0.1) is 17.7 Å². The summed E-state index contributed by atoms with van der Waals surface area (Å²) in [4.78, 5) is 16.6. The Morgan fingerprint density at radius 1 is 1.26 bits per heavy atom. The first-order valence-electron chi connectivity index (χ1n) is 11.5. The number of carbonyl (C=O) groups is 1. The van der Waals surface area contributed by atoms with Gasteiger partial charge in [0.25, 0.3) is 0 Å². The van der Waals surface area contributed by atoms with Crippen molar-refractivity contribution in [2.75, 3.05) is 13.1 Å². The second-order valence-electron chi connectivity index (χ2n) is 9.11. The van der Waals surface area contributed by atoms with Crippen LogP contribution in [-0.4, -0.2) is 28.7 Å². The predicted molar refractivity (Wildman–Crippen MR) is 122 cm³/mol. The van der Waals surface area contributed by atoms with E-state index >= 15 is 0 Å². The summed E-state index contributed by atoms with van der Waals surface area (Å²) in [5, 5.41) is 5.96. The summed E-state index contributed by atoms with van der Waals surface area (Å²) >= 11 is 0. The number of rotatable bonds is 7. The van der Waals surface area contributed by atoms with Crippen LogP contribution in [0.2, 0.25) is 0 Å². The van der Waals surface area contributed by atoms with Gasteiger partial charge in [0, 0.05) is 30.6 Å². The van der Waals surface area contributed by atoms with Crippen molar-refractivity contribution in [3.63, 3.8) is 0 Å². The molecule has 0 spiro atoms. The highest BCUT2D eigenvalue weighted by atomic mass is 19.1. The van der Waals surface area contributed by atoms with Crippen molar-refractivity contribution in [1.82, 2.24) is 20.2 Å². The van der Waals surface area contributed by atoms with Gasteiger partial charge < -0.3 is 15.2 Å². The van der Waals surface area contributed by atoms with Crippen LogP contribution in [0.3, 0.4) is 0 Å². The average molecular weight is 425 g/mol. The van der Waals surface area contributed by atoms with Crippen molar-refractivity contribution in [1.29, 1.82) is 0 Å². The van der Waals surface area contributed by atoms with E-state index in [1.165, 1.54) is 30.5 Å².